The van der Waals surface area contributed by atoms with Crippen LogP contribution in [-0.4, -0.2) is 63.9 Å². The highest BCUT2D eigenvalue weighted by Crippen LogP contribution is 2.05. The maximum atomic E-state index is 11.5. The van der Waals surface area contributed by atoms with Gasteiger partial charge < -0.3 is 10.6 Å². The smallest absolute Gasteiger partial charge is 0.279 e. The van der Waals surface area contributed by atoms with E-state index < -0.39 is 10.2 Å². The quantitative estimate of drug-likeness (QED) is 0.604. The van der Waals surface area contributed by atoms with Crippen molar-refractivity contribution in [2.75, 3.05) is 46.3 Å². The molecule has 6 nitrogen and oxygen atoms in total. The second kappa shape index (κ2) is 5.76. The molecule has 3 N–H and O–H groups in total. The van der Waals surface area contributed by atoms with E-state index in [1.807, 2.05) is 0 Å². The first-order valence-corrected chi connectivity index (χ1v) is 6.65. The SMILES string of the molecule is CNS(=O)(=O)N1CCN(CCCN)CC1. The fourth-order valence-corrected chi connectivity index (χ4v) is 2.54. The molecule has 0 aromatic carbocycles. The van der Waals surface area contributed by atoms with Crippen LogP contribution in [0.1, 0.15) is 6.42 Å². The summed E-state index contributed by atoms with van der Waals surface area (Å²) >= 11 is 0. The lowest BCUT2D eigenvalue weighted by Crippen LogP contribution is -2.51. The molecule has 0 bridgehead atoms. The molecule has 0 aromatic heterocycles. The summed E-state index contributed by atoms with van der Waals surface area (Å²) in [5.74, 6) is 0. The normalized spacial score (nSPS) is 20.7. The molecule has 1 saturated heterocycles. The van der Waals surface area contributed by atoms with Crippen molar-refractivity contribution < 1.29 is 8.42 Å². The monoisotopic (exact) mass is 236 g/mol. The third kappa shape index (κ3) is 3.69. The van der Waals surface area contributed by atoms with Crippen molar-refractivity contribution in [1.82, 2.24) is 13.9 Å². The molecule has 0 amide bonds. The van der Waals surface area contributed by atoms with E-state index in [9.17, 15) is 8.42 Å². The lowest BCUT2D eigenvalue weighted by Gasteiger charge is -2.33. The van der Waals surface area contributed by atoms with Gasteiger partial charge in [-0.15, -0.1) is 0 Å². The van der Waals surface area contributed by atoms with Gasteiger partial charge in [-0.1, -0.05) is 0 Å². The second-order valence-corrected chi connectivity index (χ2v) is 5.47. The van der Waals surface area contributed by atoms with Crippen molar-refractivity contribution in [3.05, 3.63) is 0 Å². The number of nitrogens with one attached hydrogen (secondary N) is 1. The zero-order valence-corrected chi connectivity index (χ0v) is 9.96. The van der Waals surface area contributed by atoms with Crippen LogP contribution in [0.3, 0.4) is 0 Å². The van der Waals surface area contributed by atoms with E-state index in [1.165, 1.54) is 11.4 Å². The Hall–Kier alpha value is -0.210. The van der Waals surface area contributed by atoms with E-state index >= 15 is 0 Å². The van der Waals surface area contributed by atoms with Gasteiger partial charge >= 0.3 is 0 Å². The molecule has 0 aromatic rings. The van der Waals surface area contributed by atoms with E-state index in [0.29, 0.717) is 19.6 Å². The molecule has 0 unspecified atom stereocenters. The predicted octanol–water partition coefficient (Wildman–Crippen LogP) is -1.58. The summed E-state index contributed by atoms with van der Waals surface area (Å²) in [4.78, 5) is 2.24. The van der Waals surface area contributed by atoms with Gasteiger partial charge in [-0.05, 0) is 19.5 Å². The first-order valence-electron chi connectivity index (χ1n) is 5.21. The average molecular weight is 236 g/mol. The Morgan fingerprint density at radius 2 is 1.87 bits per heavy atom. The standard InChI is InChI=1S/C8H20N4O2S/c1-10-15(13,14)12-7-5-11(6-8-12)4-2-3-9/h10H,2-9H2,1H3. The van der Waals surface area contributed by atoms with Gasteiger partial charge in [-0.3, -0.25) is 0 Å². The molecule has 1 fully saturated rings. The van der Waals surface area contributed by atoms with Crippen molar-refractivity contribution in [2.24, 2.45) is 5.73 Å². The van der Waals surface area contributed by atoms with Crippen LogP contribution in [0.25, 0.3) is 0 Å². The summed E-state index contributed by atoms with van der Waals surface area (Å²) in [6, 6.07) is 0. The van der Waals surface area contributed by atoms with Crippen molar-refractivity contribution in [1.29, 1.82) is 0 Å². The van der Waals surface area contributed by atoms with Crippen molar-refractivity contribution in [3.63, 3.8) is 0 Å². The Bertz CT molecular complexity index is 272. The topological polar surface area (TPSA) is 78.7 Å². The second-order valence-electron chi connectivity index (χ2n) is 3.59. The van der Waals surface area contributed by atoms with Crippen molar-refractivity contribution in [2.45, 2.75) is 6.42 Å². The molecule has 1 aliphatic heterocycles. The van der Waals surface area contributed by atoms with E-state index in [4.69, 9.17) is 5.73 Å². The van der Waals surface area contributed by atoms with E-state index in [2.05, 4.69) is 9.62 Å². The highest BCUT2D eigenvalue weighted by molar-refractivity contribution is 7.87. The first-order chi connectivity index (χ1) is 7.10. The van der Waals surface area contributed by atoms with Crippen LogP contribution in [0.4, 0.5) is 0 Å². The van der Waals surface area contributed by atoms with Gasteiger partial charge in [0.1, 0.15) is 0 Å². The molecule has 1 heterocycles. The Labute approximate surface area is 91.6 Å². The number of nitrogens with zero attached hydrogens (tertiary/aromatic N) is 2. The number of hydrogen-bond donors (Lipinski definition) is 2. The summed E-state index contributed by atoms with van der Waals surface area (Å²) in [7, 11) is -1.79. The van der Waals surface area contributed by atoms with Crippen molar-refractivity contribution in [3.8, 4) is 0 Å². The molecule has 1 rings (SSSR count). The molecular weight excluding hydrogens is 216 g/mol. The Kier molecular flexibility index (Phi) is 4.94. The Morgan fingerprint density at radius 3 is 2.33 bits per heavy atom. The molecule has 0 radical (unpaired) electrons. The minimum absolute atomic E-state index is 0.563. The lowest BCUT2D eigenvalue weighted by molar-refractivity contribution is 0.187. The van der Waals surface area contributed by atoms with Crippen LogP contribution < -0.4 is 10.5 Å². The highest BCUT2D eigenvalue weighted by Gasteiger charge is 2.24. The third-order valence-corrected chi connectivity index (χ3v) is 4.17. The maximum Gasteiger partial charge on any atom is 0.279 e. The van der Waals surface area contributed by atoms with Crippen LogP contribution in [-0.2, 0) is 10.2 Å². The minimum atomic E-state index is -3.23. The van der Waals surface area contributed by atoms with Crippen LogP contribution >= 0.6 is 0 Å². The zero-order chi connectivity index (χ0) is 11.3. The molecule has 90 valence electrons. The summed E-state index contributed by atoms with van der Waals surface area (Å²) in [5.41, 5.74) is 5.42. The fourth-order valence-electron chi connectivity index (χ4n) is 1.64. The number of rotatable bonds is 5. The molecule has 0 aliphatic carbocycles. The van der Waals surface area contributed by atoms with Crippen molar-refractivity contribution >= 4 is 10.2 Å². The van der Waals surface area contributed by atoms with E-state index in [1.54, 1.807) is 0 Å². The highest BCUT2D eigenvalue weighted by atomic mass is 32.2. The molecular formula is C8H20N4O2S. The third-order valence-electron chi connectivity index (χ3n) is 2.61. The average Bonchev–Trinajstić information content (AvgIpc) is 2.27. The van der Waals surface area contributed by atoms with Crippen LogP contribution in [0.15, 0.2) is 0 Å². The van der Waals surface area contributed by atoms with E-state index in [-0.39, 0.29) is 0 Å². The fraction of sp³-hybridized carbons (Fsp3) is 1.00. The molecule has 15 heavy (non-hydrogen) atoms. The van der Waals surface area contributed by atoms with Crippen LogP contribution in [0.5, 0.6) is 0 Å². The Balaban J connectivity index is 2.36. The number of nitrogens with two attached hydrogens (primary N) is 1. The first kappa shape index (κ1) is 12.9. The van der Waals surface area contributed by atoms with Gasteiger partial charge in [0.25, 0.3) is 10.2 Å². The maximum absolute atomic E-state index is 11.5. The molecule has 7 heteroatoms. The lowest BCUT2D eigenvalue weighted by atomic mass is 10.3. The van der Waals surface area contributed by atoms with Gasteiger partial charge in [0.2, 0.25) is 0 Å². The summed E-state index contributed by atoms with van der Waals surface area (Å²) in [6.07, 6.45) is 0.971. The van der Waals surface area contributed by atoms with Crippen LogP contribution in [0.2, 0.25) is 0 Å². The molecule has 0 spiro atoms. The van der Waals surface area contributed by atoms with Gasteiger partial charge in [-0.25, -0.2) is 4.72 Å². The van der Waals surface area contributed by atoms with Gasteiger partial charge in [0.15, 0.2) is 0 Å². The molecule has 0 atom stereocenters. The number of hydrogen-bond acceptors (Lipinski definition) is 4. The largest absolute Gasteiger partial charge is 0.330 e. The summed E-state index contributed by atoms with van der Waals surface area (Å²) < 4.78 is 26.7. The van der Waals surface area contributed by atoms with E-state index in [0.717, 1.165) is 26.1 Å². The van der Waals surface area contributed by atoms with Gasteiger partial charge in [-0.2, -0.15) is 12.7 Å². The van der Waals surface area contributed by atoms with Gasteiger partial charge in [0.05, 0.1) is 0 Å². The minimum Gasteiger partial charge on any atom is -0.330 e. The summed E-state index contributed by atoms with van der Waals surface area (Å²) in [6.45, 7) is 4.36. The zero-order valence-electron chi connectivity index (χ0n) is 9.15. The number of piperazine rings is 1. The van der Waals surface area contributed by atoms with Crippen LogP contribution in [0, 0.1) is 0 Å². The predicted molar refractivity (Wildman–Crippen MR) is 59.7 cm³/mol. The Morgan fingerprint density at radius 1 is 1.27 bits per heavy atom. The molecule has 1 aliphatic rings. The summed E-state index contributed by atoms with van der Waals surface area (Å²) in [5, 5.41) is 0. The van der Waals surface area contributed by atoms with Gasteiger partial charge in [0, 0.05) is 33.2 Å². The molecule has 0 saturated carbocycles.